The highest BCUT2D eigenvalue weighted by Crippen LogP contribution is 2.67. The molecule has 0 aromatic rings. The van der Waals surface area contributed by atoms with Crippen molar-refractivity contribution in [3.63, 3.8) is 0 Å². The maximum absolute atomic E-state index is 13.9. The second kappa shape index (κ2) is 8.52. The van der Waals surface area contributed by atoms with Crippen molar-refractivity contribution in [1.29, 1.82) is 0 Å². The van der Waals surface area contributed by atoms with E-state index in [1.54, 1.807) is 0 Å². The van der Waals surface area contributed by atoms with Crippen LogP contribution in [0.2, 0.25) is 0 Å². The first-order valence-electron chi connectivity index (χ1n) is 12.0. The predicted molar refractivity (Wildman–Crippen MR) is 121 cm³/mol. The second-order valence-electron chi connectivity index (χ2n) is 11.0. The monoisotopic (exact) mass is 510 g/mol. The van der Waals surface area contributed by atoms with Gasteiger partial charge in [0.25, 0.3) is 0 Å². The van der Waals surface area contributed by atoms with Gasteiger partial charge in [0, 0.05) is 25.7 Å². The van der Waals surface area contributed by atoms with E-state index in [-0.39, 0.29) is 58.2 Å². The first kappa shape index (κ1) is 23.9. The van der Waals surface area contributed by atoms with Crippen LogP contribution < -0.4 is 0 Å². The highest BCUT2D eigenvalue weighted by atomic mass is 79.9. The average molecular weight is 511 g/mol. The maximum Gasteiger partial charge on any atom is 0.303 e. The van der Waals surface area contributed by atoms with E-state index < -0.39 is 11.4 Å². The van der Waals surface area contributed by atoms with Crippen LogP contribution in [0.4, 0.5) is 0 Å². The van der Waals surface area contributed by atoms with Crippen LogP contribution in [0.25, 0.3) is 0 Å². The summed E-state index contributed by atoms with van der Waals surface area (Å²) in [5.41, 5.74) is -0.544. The number of carbonyl (C=O) groups excluding carboxylic acids is 4. The topological polar surface area (TPSA) is 86.7 Å². The Kier molecular flexibility index (Phi) is 6.36. The Balaban J connectivity index is 1.58. The number of carbonyl (C=O) groups is 4. The van der Waals surface area contributed by atoms with E-state index in [1.807, 2.05) is 0 Å². The van der Waals surface area contributed by atoms with Gasteiger partial charge >= 0.3 is 11.9 Å². The normalized spacial score (nSPS) is 45.3. The van der Waals surface area contributed by atoms with Crippen LogP contribution in [0.15, 0.2) is 0 Å². The van der Waals surface area contributed by atoms with Crippen molar-refractivity contribution >= 4 is 39.4 Å². The molecule has 0 spiro atoms. The van der Waals surface area contributed by atoms with Gasteiger partial charge in [0.15, 0.2) is 11.6 Å². The molecule has 4 aliphatic rings. The Morgan fingerprint density at radius 3 is 2.41 bits per heavy atom. The van der Waals surface area contributed by atoms with Gasteiger partial charge in [-0.15, -0.1) is 0 Å². The number of esters is 2. The van der Waals surface area contributed by atoms with E-state index in [9.17, 15) is 19.2 Å². The molecule has 4 saturated carbocycles. The molecule has 0 aromatic heterocycles. The molecule has 32 heavy (non-hydrogen) atoms. The second-order valence-corrected chi connectivity index (χ2v) is 12.0. The molecule has 0 saturated heterocycles. The van der Waals surface area contributed by atoms with Gasteiger partial charge in [-0.1, -0.05) is 29.8 Å². The van der Waals surface area contributed by atoms with Crippen molar-refractivity contribution in [3.8, 4) is 0 Å². The molecule has 0 amide bonds. The zero-order valence-corrected chi connectivity index (χ0v) is 21.1. The zero-order chi connectivity index (χ0) is 23.4. The van der Waals surface area contributed by atoms with Crippen molar-refractivity contribution in [2.75, 3.05) is 6.61 Å². The lowest BCUT2D eigenvalue weighted by molar-refractivity contribution is -0.169. The summed E-state index contributed by atoms with van der Waals surface area (Å²) in [5, 5.41) is 0. The summed E-state index contributed by atoms with van der Waals surface area (Å²) in [5.74, 6) is 0.135. The third kappa shape index (κ3) is 3.67. The van der Waals surface area contributed by atoms with Gasteiger partial charge in [-0.25, -0.2) is 0 Å². The summed E-state index contributed by atoms with van der Waals surface area (Å²) in [6.07, 6.45) is 6.19. The molecule has 0 aliphatic heterocycles. The third-order valence-corrected chi connectivity index (χ3v) is 11.0. The molecule has 9 atom stereocenters. The van der Waals surface area contributed by atoms with Crippen LogP contribution in [0.1, 0.15) is 72.6 Å². The Morgan fingerprint density at radius 1 is 1.03 bits per heavy atom. The quantitative estimate of drug-likeness (QED) is 0.414. The fraction of sp³-hybridized carbons (Fsp3) is 0.840. The molecule has 0 bridgehead atoms. The molecule has 0 unspecified atom stereocenters. The van der Waals surface area contributed by atoms with Gasteiger partial charge in [-0.3, -0.25) is 19.2 Å². The summed E-state index contributed by atoms with van der Waals surface area (Å²) < 4.78 is 10.5. The summed E-state index contributed by atoms with van der Waals surface area (Å²) in [6, 6.07) is 0. The molecule has 0 radical (unpaired) electrons. The van der Waals surface area contributed by atoms with Crippen LogP contribution in [-0.2, 0) is 28.7 Å². The number of ketones is 2. The zero-order valence-electron chi connectivity index (χ0n) is 19.5. The SMILES string of the molecule is CC(=O)OCC(=O)[C@@H]1CC[C@@H]2[C@@H]3CC[C@@H]4C[C@H](OC(C)=O)CC[C@]4(C)[C@@H]3C(=O)[C@H](Br)[C@]21C. The van der Waals surface area contributed by atoms with Crippen LogP contribution in [0.5, 0.6) is 0 Å². The maximum atomic E-state index is 13.9. The first-order chi connectivity index (χ1) is 15.0. The largest absolute Gasteiger partial charge is 0.463 e. The van der Waals surface area contributed by atoms with Crippen LogP contribution >= 0.6 is 15.9 Å². The van der Waals surface area contributed by atoms with E-state index in [0.29, 0.717) is 11.8 Å². The van der Waals surface area contributed by atoms with Crippen molar-refractivity contribution in [2.24, 2.45) is 40.4 Å². The van der Waals surface area contributed by atoms with Crippen molar-refractivity contribution in [3.05, 3.63) is 0 Å². The molecule has 4 aliphatic carbocycles. The summed E-state index contributed by atoms with van der Waals surface area (Å²) in [7, 11) is 0. The molecule has 0 N–H and O–H groups in total. The highest BCUT2D eigenvalue weighted by molar-refractivity contribution is 9.10. The Morgan fingerprint density at radius 2 is 1.75 bits per heavy atom. The lowest BCUT2D eigenvalue weighted by Crippen LogP contribution is -2.62. The fourth-order valence-corrected chi connectivity index (χ4v) is 9.05. The standard InChI is InChI=1S/C25H35BrO6/c1-13(27)31-12-20(29)19-8-7-18-17-6-5-15-11-16(32-14(2)28)9-10-24(15,3)21(17)22(30)23(26)25(18,19)4/h15-19,21,23H,5-12H2,1-4H3/t15-,16-,17+,18-,19+,21+,23+,24+,25-/m1/s1. The lowest BCUT2D eigenvalue weighted by atomic mass is 9.44. The number of alkyl halides is 1. The summed E-state index contributed by atoms with van der Waals surface area (Å²) in [6.45, 7) is 6.94. The van der Waals surface area contributed by atoms with Crippen molar-refractivity contribution in [2.45, 2.75) is 83.6 Å². The molecule has 4 rings (SSSR count). The average Bonchev–Trinajstić information content (AvgIpc) is 3.08. The van der Waals surface area contributed by atoms with Crippen molar-refractivity contribution < 1.29 is 28.7 Å². The number of rotatable bonds is 4. The number of fused-ring (bicyclic) bond motifs is 5. The summed E-state index contributed by atoms with van der Waals surface area (Å²) >= 11 is 3.77. The lowest BCUT2D eigenvalue weighted by Gasteiger charge is -2.61. The number of Topliss-reactive ketones (excluding diaryl/α,β-unsaturated/α-hetero) is 2. The van der Waals surface area contributed by atoms with Gasteiger partial charge in [-0.2, -0.15) is 0 Å². The molecule has 0 heterocycles. The molecule has 6 nitrogen and oxygen atoms in total. The molecule has 4 fully saturated rings. The molecule has 7 heteroatoms. The Labute approximate surface area is 198 Å². The van der Waals surface area contributed by atoms with Crippen LogP contribution in [0.3, 0.4) is 0 Å². The number of hydrogen-bond acceptors (Lipinski definition) is 6. The minimum absolute atomic E-state index is 0.0238. The van der Waals surface area contributed by atoms with Gasteiger partial charge in [0.1, 0.15) is 12.7 Å². The van der Waals surface area contributed by atoms with Gasteiger partial charge < -0.3 is 9.47 Å². The third-order valence-electron chi connectivity index (χ3n) is 9.55. The highest BCUT2D eigenvalue weighted by Gasteiger charge is 2.67. The molecule has 0 aromatic carbocycles. The van der Waals surface area contributed by atoms with Crippen LogP contribution in [-0.4, -0.2) is 41.0 Å². The first-order valence-corrected chi connectivity index (χ1v) is 12.9. The number of ether oxygens (including phenoxy) is 2. The van der Waals surface area contributed by atoms with E-state index in [0.717, 1.165) is 44.9 Å². The Bertz CT molecular complexity index is 825. The molecular weight excluding hydrogens is 476 g/mol. The fourth-order valence-electron chi connectivity index (χ4n) is 8.11. The van der Waals surface area contributed by atoms with Gasteiger partial charge in [-0.05, 0) is 73.5 Å². The minimum Gasteiger partial charge on any atom is -0.463 e. The van der Waals surface area contributed by atoms with E-state index in [2.05, 4.69) is 29.8 Å². The Hall–Kier alpha value is -1.24. The molecular formula is C25H35BrO6. The molecule has 178 valence electrons. The van der Waals surface area contributed by atoms with Gasteiger partial charge in [0.05, 0.1) is 4.83 Å². The van der Waals surface area contributed by atoms with Gasteiger partial charge in [0.2, 0.25) is 0 Å². The predicted octanol–water partition coefficient (Wildman–Crippen LogP) is 4.26. The van der Waals surface area contributed by atoms with E-state index in [4.69, 9.17) is 9.47 Å². The smallest absolute Gasteiger partial charge is 0.303 e. The minimum atomic E-state index is -0.455. The van der Waals surface area contributed by atoms with Crippen LogP contribution in [0, 0.1) is 40.4 Å². The number of hydrogen-bond donors (Lipinski definition) is 0. The number of halogens is 1. The van der Waals surface area contributed by atoms with E-state index >= 15 is 0 Å². The summed E-state index contributed by atoms with van der Waals surface area (Å²) in [4.78, 5) is 49.2. The van der Waals surface area contributed by atoms with Crippen molar-refractivity contribution in [1.82, 2.24) is 0 Å². The van der Waals surface area contributed by atoms with E-state index in [1.165, 1.54) is 13.8 Å².